The SMILES string of the molecule is COc1ccc(F)c(-c2ncc(COc3cccc([C@H](O)CC(=O)O)c3)nc2OC2CCCCCC2)c1. The van der Waals surface area contributed by atoms with Crippen LogP contribution in [0.3, 0.4) is 0 Å². The Kier molecular flexibility index (Phi) is 8.90. The predicted molar refractivity (Wildman–Crippen MR) is 134 cm³/mol. The molecule has 196 valence electrons. The van der Waals surface area contributed by atoms with Crippen molar-refractivity contribution in [3.05, 3.63) is 65.7 Å². The van der Waals surface area contributed by atoms with E-state index in [-0.39, 0.29) is 24.2 Å². The first kappa shape index (κ1) is 26.3. The second-order valence-corrected chi connectivity index (χ2v) is 9.07. The Morgan fingerprint density at radius 1 is 1.11 bits per heavy atom. The van der Waals surface area contributed by atoms with E-state index in [9.17, 15) is 14.3 Å². The largest absolute Gasteiger partial charge is 0.497 e. The number of carbonyl (C=O) groups is 1. The van der Waals surface area contributed by atoms with Gasteiger partial charge in [-0.3, -0.25) is 4.79 Å². The van der Waals surface area contributed by atoms with Crippen LogP contribution < -0.4 is 14.2 Å². The summed E-state index contributed by atoms with van der Waals surface area (Å²) in [6, 6.07) is 11.0. The van der Waals surface area contributed by atoms with Crippen LogP contribution in [0.15, 0.2) is 48.7 Å². The standard InChI is InChI=1S/C28H31FN2O6/c1-35-21-11-12-24(29)23(14-21)27-28(37-20-8-4-2-3-5-9-20)31-19(16-30-27)17-36-22-10-6-7-18(13-22)25(32)15-26(33)34/h6-7,10-14,16,20,25,32H,2-5,8-9,15,17H2,1H3,(H,33,34)/t25-/m1/s1. The summed E-state index contributed by atoms with van der Waals surface area (Å²) in [4.78, 5) is 20.0. The molecule has 0 saturated heterocycles. The van der Waals surface area contributed by atoms with Gasteiger partial charge >= 0.3 is 5.97 Å². The van der Waals surface area contributed by atoms with Crippen LogP contribution in [-0.2, 0) is 11.4 Å². The Morgan fingerprint density at radius 3 is 2.62 bits per heavy atom. The first-order valence-corrected chi connectivity index (χ1v) is 12.4. The molecule has 0 radical (unpaired) electrons. The van der Waals surface area contributed by atoms with Gasteiger partial charge in [-0.15, -0.1) is 0 Å². The minimum Gasteiger partial charge on any atom is -0.497 e. The third-order valence-electron chi connectivity index (χ3n) is 6.30. The molecule has 0 spiro atoms. The third-order valence-corrected chi connectivity index (χ3v) is 6.30. The highest BCUT2D eigenvalue weighted by atomic mass is 19.1. The molecule has 4 rings (SSSR count). The maximum absolute atomic E-state index is 14.8. The van der Waals surface area contributed by atoms with Crippen molar-refractivity contribution < 1.29 is 33.6 Å². The minimum absolute atomic E-state index is 0.0345. The highest BCUT2D eigenvalue weighted by molar-refractivity contribution is 5.68. The van der Waals surface area contributed by atoms with E-state index in [0.717, 1.165) is 38.5 Å². The van der Waals surface area contributed by atoms with Gasteiger partial charge < -0.3 is 24.4 Å². The summed E-state index contributed by atoms with van der Waals surface area (Å²) in [5.41, 5.74) is 1.45. The first-order valence-electron chi connectivity index (χ1n) is 12.4. The molecule has 0 amide bonds. The van der Waals surface area contributed by atoms with Crippen LogP contribution in [0.1, 0.15) is 62.3 Å². The van der Waals surface area contributed by atoms with Crippen LogP contribution in [0.4, 0.5) is 4.39 Å². The fourth-order valence-electron chi connectivity index (χ4n) is 4.33. The number of methoxy groups -OCH3 is 1. The number of carboxylic acid groups (broad SMARTS) is 1. The molecule has 2 N–H and O–H groups in total. The lowest BCUT2D eigenvalue weighted by atomic mass is 10.1. The van der Waals surface area contributed by atoms with Gasteiger partial charge in [-0.05, 0) is 61.6 Å². The molecule has 1 aromatic heterocycles. The molecule has 1 fully saturated rings. The lowest BCUT2D eigenvalue weighted by Crippen LogP contribution is -2.17. The summed E-state index contributed by atoms with van der Waals surface area (Å²) < 4.78 is 32.2. The average Bonchev–Trinajstić information content (AvgIpc) is 3.16. The first-order chi connectivity index (χ1) is 17.9. The summed E-state index contributed by atoms with van der Waals surface area (Å²) in [6.07, 6.45) is 6.18. The van der Waals surface area contributed by atoms with Crippen LogP contribution >= 0.6 is 0 Å². The number of aromatic nitrogens is 2. The molecule has 1 heterocycles. The fourth-order valence-corrected chi connectivity index (χ4v) is 4.33. The zero-order valence-corrected chi connectivity index (χ0v) is 20.7. The van der Waals surface area contributed by atoms with Gasteiger partial charge in [0.2, 0.25) is 5.88 Å². The molecular formula is C28H31FN2O6. The number of hydrogen-bond acceptors (Lipinski definition) is 7. The normalized spacial score (nSPS) is 15.0. The molecule has 3 aromatic rings. The van der Waals surface area contributed by atoms with Gasteiger partial charge in [0, 0.05) is 5.56 Å². The van der Waals surface area contributed by atoms with Crippen molar-refractivity contribution in [2.45, 2.75) is 63.8 Å². The van der Waals surface area contributed by atoms with Gasteiger partial charge in [0.1, 0.15) is 41.4 Å². The number of aliphatic carboxylic acids is 1. The highest BCUT2D eigenvalue weighted by Gasteiger charge is 2.21. The second-order valence-electron chi connectivity index (χ2n) is 9.07. The number of aliphatic hydroxyl groups is 1. The smallest absolute Gasteiger partial charge is 0.306 e. The van der Waals surface area contributed by atoms with Crippen molar-refractivity contribution in [2.75, 3.05) is 7.11 Å². The number of rotatable bonds is 10. The zero-order chi connectivity index (χ0) is 26.2. The monoisotopic (exact) mass is 510 g/mol. The van der Waals surface area contributed by atoms with Crippen molar-refractivity contribution in [2.24, 2.45) is 0 Å². The van der Waals surface area contributed by atoms with Crippen LogP contribution in [0.25, 0.3) is 11.3 Å². The summed E-state index contributed by atoms with van der Waals surface area (Å²) >= 11 is 0. The van der Waals surface area contributed by atoms with Crippen LogP contribution in [0.2, 0.25) is 0 Å². The van der Waals surface area contributed by atoms with E-state index < -0.39 is 24.3 Å². The summed E-state index contributed by atoms with van der Waals surface area (Å²) in [5, 5.41) is 19.0. The molecule has 2 aromatic carbocycles. The van der Waals surface area contributed by atoms with Crippen molar-refractivity contribution in [3.63, 3.8) is 0 Å². The van der Waals surface area contributed by atoms with Crippen LogP contribution in [0, 0.1) is 5.82 Å². The van der Waals surface area contributed by atoms with E-state index in [0.29, 0.717) is 28.5 Å². The van der Waals surface area contributed by atoms with E-state index in [1.165, 1.54) is 19.4 Å². The van der Waals surface area contributed by atoms with Crippen molar-refractivity contribution in [1.29, 1.82) is 0 Å². The Labute approximate surface area is 215 Å². The summed E-state index contributed by atoms with van der Waals surface area (Å²) in [7, 11) is 1.52. The third kappa shape index (κ3) is 7.16. The Bertz CT molecular complexity index is 1210. The Morgan fingerprint density at radius 2 is 1.89 bits per heavy atom. The zero-order valence-electron chi connectivity index (χ0n) is 20.7. The Balaban J connectivity index is 1.58. The van der Waals surface area contributed by atoms with E-state index >= 15 is 0 Å². The number of carboxylic acids is 1. The number of aliphatic hydroxyl groups excluding tert-OH is 1. The van der Waals surface area contributed by atoms with Gasteiger partial charge in [-0.25, -0.2) is 14.4 Å². The lowest BCUT2D eigenvalue weighted by Gasteiger charge is -2.19. The second kappa shape index (κ2) is 12.5. The van der Waals surface area contributed by atoms with Gasteiger partial charge in [-0.1, -0.05) is 25.0 Å². The molecular weight excluding hydrogens is 479 g/mol. The molecule has 9 heteroatoms. The van der Waals surface area contributed by atoms with Crippen molar-refractivity contribution >= 4 is 5.97 Å². The van der Waals surface area contributed by atoms with Gasteiger partial charge in [0.05, 0.1) is 25.8 Å². The van der Waals surface area contributed by atoms with Crippen molar-refractivity contribution in [1.82, 2.24) is 9.97 Å². The maximum Gasteiger partial charge on any atom is 0.306 e. The predicted octanol–water partition coefficient (Wildman–Crippen LogP) is 5.48. The highest BCUT2D eigenvalue weighted by Crippen LogP contribution is 2.33. The van der Waals surface area contributed by atoms with Crippen LogP contribution in [-0.4, -0.2) is 39.4 Å². The maximum atomic E-state index is 14.8. The summed E-state index contributed by atoms with van der Waals surface area (Å²) in [6.45, 7) is 0.0490. The number of halogens is 1. The molecule has 1 atom stereocenters. The van der Waals surface area contributed by atoms with E-state index in [1.807, 2.05) is 0 Å². The van der Waals surface area contributed by atoms with Gasteiger partial charge in [0.15, 0.2) is 0 Å². The number of benzene rings is 2. The number of ether oxygens (including phenoxy) is 3. The number of hydrogen-bond donors (Lipinski definition) is 2. The van der Waals surface area contributed by atoms with E-state index in [4.69, 9.17) is 19.3 Å². The lowest BCUT2D eigenvalue weighted by molar-refractivity contribution is -0.139. The molecule has 0 aliphatic heterocycles. The average molecular weight is 511 g/mol. The summed E-state index contributed by atoms with van der Waals surface area (Å²) in [5.74, 6) is -0.371. The molecule has 8 nitrogen and oxygen atoms in total. The molecule has 0 bridgehead atoms. The van der Waals surface area contributed by atoms with Crippen LogP contribution in [0.5, 0.6) is 17.4 Å². The quantitative estimate of drug-likeness (QED) is 0.345. The topological polar surface area (TPSA) is 111 Å². The number of nitrogens with zero attached hydrogens (tertiary/aromatic N) is 2. The van der Waals surface area contributed by atoms with Gasteiger partial charge in [-0.2, -0.15) is 0 Å². The minimum atomic E-state index is -1.14. The van der Waals surface area contributed by atoms with E-state index in [2.05, 4.69) is 9.97 Å². The molecule has 1 saturated carbocycles. The fraction of sp³-hybridized carbons (Fsp3) is 0.393. The van der Waals surface area contributed by atoms with Crippen molar-refractivity contribution in [3.8, 4) is 28.6 Å². The molecule has 1 aliphatic carbocycles. The van der Waals surface area contributed by atoms with Gasteiger partial charge in [0.25, 0.3) is 0 Å². The Hall–Kier alpha value is -3.72. The molecule has 1 aliphatic rings. The van der Waals surface area contributed by atoms with E-state index in [1.54, 1.807) is 36.4 Å². The molecule has 37 heavy (non-hydrogen) atoms. The molecule has 0 unspecified atom stereocenters.